The molecule has 1 aromatic rings. The molecule has 1 aromatic carbocycles. The largest absolute Gasteiger partial charge is 0.370 e. The maximum absolute atomic E-state index is 11.5. The van der Waals surface area contributed by atoms with Crippen LogP contribution in [0.2, 0.25) is 0 Å². The van der Waals surface area contributed by atoms with Crippen molar-refractivity contribution in [1.82, 2.24) is 9.62 Å². The number of benzene rings is 1. The summed E-state index contributed by atoms with van der Waals surface area (Å²) in [5, 5.41) is 0. The van der Waals surface area contributed by atoms with E-state index in [1.807, 2.05) is 0 Å². The van der Waals surface area contributed by atoms with Crippen LogP contribution in [0.3, 0.4) is 0 Å². The van der Waals surface area contributed by atoms with Gasteiger partial charge in [0, 0.05) is 38.0 Å². The van der Waals surface area contributed by atoms with Crippen molar-refractivity contribution < 1.29 is 13.2 Å². The summed E-state index contributed by atoms with van der Waals surface area (Å²) in [5.41, 5.74) is 2.77. The van der Waals surface area contributed by atoms with Crippen molar-refractivity contribution in [2.45, 2.75) is 44.4 Å². The van der Waals surface area contributed by atoms with Gasteiger partial charge in [-0.1, -0.05) is 31.2 Å². The normalized spacial score (nSPS) is 34.6. The Kier molecular flexibility index (Phi) is 4.43. The second-order valence-corrected chi connectivity index (χ2v) is 9.78. The van der Waals surface area contributed by atoms with E-state index in [2.05, 4.69) is 40.8 Å². The highest BCUT2D eigenvalue weighted by Gasteiger charge is 2.62. The van der Waals surface area contributed by atoms with Crippen molar-refractivity contribution in [2.24, 2.45) is 11.8 Å². The smallest absolute Gasteiger partial charge is 0.208 e. The Labute approximate surface area is 150 Å². The van der Waals surface area contributed by atoms with E-state index in [9.17, 15) is 8.42 Å². The molecule has 3 aliphatic heterocycles. The second kappa shape index (κ2) is 6.34. The third-order valence-electron chi connectivity index (χ3n) is 6.33. The monoisotopic (exact) mass is 364 g/mol. The van der Waals surface area contributed by atoms with Gasteiger partial charge in [-0.3, -0.25) is 4.90 Å². The van der Waals surface area contributed by atoms with E-state index in [1.165, 1.54) is 17.4 Å². The van der Waals surface area contributed by atoms with Crippen molar-refractivity contribution in [3.05, 3.63) is 35.4 Å². The summed E-state index contributed by atoms with van der Waals surface area (Å²) in [6, 6.07) is 8.67. The number of nitrogens with one attached hydrogen (secondary N) is 1. The lowest BCUT2D eigenvalue weighted by molar-refractivity contribution is 0.00218. The number of nitrogens with zero attached hydrogens (tertiary/aromatic N) is 1. The lowest BCUT2D eigenvalue weighted by Crippen LogP contribution is -2.41. The lowest BCUT2D eigenvalue weighted by atomic mass is 9.74. The van der Waals surface area contributed by atoms with Crippen LogP contribution in [0, 0.1) is 11.8 Å². The molecule has 3 saturated heterocycles. The first kappa shape index (κ1) is 17.5. The fraction of sp³-hybridized carbons (Fsp3) is 0.684. The third kappa shape index (κ3) is 3.25. The maximum atomic E-state index is 11.5. The SMILES string of the molecule is CCc1ccccc1CN1C[C@@H]2[C@H](CNS(C)(=O)=O)[C@H]3CC[C@]2(C1)O3. The zero-order chi connectivity index (χ0) is 17.7. The Hall–Kier alpha value is -0.950. The predicted molar refractivity (Wildman–Crippen MR) is 97.8 cm³/mol. The second-order valence-electron chi connectivity index (χ2n) is 7.94. The van der Waals surface area contributed by atoms with Gasteiger partial charge in [0.05, 0.1) is 18.0 Å². The molecule has 6 heteroatoms. The minimum Gasteiger partial charge on any atom is -0.370 e. The zero-order valence-electron chi connectivity index (χ0n) is 15.1. The van der Waals surface area contributed by atoms with Crippen LogP contribution in [0.15, 0.2) is 24.3 Å². The molecule has 0 aromatic heterocycles. The minimum atomic E-state index is -3.15. The van der Waals surface area contributed by atoms with Gasteiger partial charge in [0.2, 0.25) is 10.0 Å². The number of likely N-dealkylation sites (tertiary alicyclic amines) is 1. The Morgan fingerprint density at radius 3 is 2.80 bits per heavy atom. The fourth-order valence-electron chi connectivity index (χ4n) is 5.23. The molecule has 0 saturated carbocycles. The zero-order valence-corrected chi connectivity index (χ0v) is 15.9. The highest BCUT2D eigenvalue weighted by Crippen LogP contribution is 2.54. The van der Waals surface area contributed by atoms with E-state index in [1.54, 1.807) is 0 Å². The molecule has 0 radical (unpaired) electrons. The molecule has 4 atom stereocenters. The van der Waals surface area contributed by atoms with E-state index in [-0.39, 0.29) is 11.7 Å². The molecule has 0 aliphatic carbocycles. The average Bonchev–Trinajstić information content (AvgIpc) is 3.20. The third-order valence-corrected chi connectivity index (χ3v) is 7.02. The van der Waals surface area contributed by atoms with Crippen LogP contribution in [-0.2, 0) is 27.7 Å². The fourth-order valence-corrected chi connectivity index (χ4v) is 5.72. The number of ether oxygens (including phenoxy) is 1. The standard InChI is InChI=1S/C19H28N2O3S/c1-3-14-6-4-5-7-15(14)11-21-12-17-16(10-20-25(2,22)23)18-8-9-19(17,13-21)24-18/h4-7,16-18,20H,3,8-13H2,1-2H3/t16-,17+,18+,19+/m0/s1. The van der Waals surface area contributed by atoms with Gasteiger partial charge < -0.3 is 4.74 Å². The molecule has 25 heavy (non-hydrogen) atoms. The highest BCUT2D eigenvalue weighted by atomic mass is 32.2. The molecular formula is C19H28N2O3S. The van der Waals surface area contributed by atoms with E-state index < -0.39 is 10.0 Å². The Bertz CT molecular complexity index is 751. The first-order valence-electron chi connectivity index (χ1n) is 9.32. The van der Waals surface area contributed by atoms with Gasteiger partial charge in [-0.15, -0.1) is 0 Å². The minimum absolute atomic E-state index is 0.0460. The summed E-state index contributed by atoms with van der Waals surface area (Å²) in [6.07, 6.45) is 4.69. The highest BCUT2D eigenvalue weighted by molar-refractivity contribution is 7.88. The van der Waals surface area contributed by atoms with E-state index in [0.29, 0.717) is 18.4 Å². The molecule has 4 rings (SSSR count). The van der Waals surface area contributed by atoms with Gasteiger partial charge in [-0.25, -0.2) is 13.1 Å². The van der Waals surface area contributed by atoms with Crippen molar-refractivity contribution in [1.29, 1.82) is 0 Å². The number of sulfonamides is 1. The summed E-state index contributed by atoms with van der Waals surface area (Å²) < 4.78 is 32.1. The number of hydrogen-bond acceptors (Lipinski definition) is 4. The molecular weight excluding hydrogens is 336 g/mol. The van der Waals surface area contributed by atoms with Crippen molar-refractivity contribution >= 4 is 10.0 Å². The van der Waals surface area contributed by atoms with Crippen LogP contribution >= 0.6 is 0 Å². The average molecular weight is 365 g/mol. The molecule has 1 spiro atoms. The van der Waals surface area contributed by atoms with E-state index >= 15 is 0 Å². The van der Waals surface area contributed by atoms with Crippen LogP contribution in [0.1, 0.15) is 30.9 Å². The molecule has 3 heterocycles. The van der Waals surface area contributed by atoms with Crippen LogP contribution in [-0.4, -0.2) is 50.9 Å². The van der Waals surface area contributed by atoms with Crippen molar-refractivity contribution in [2.75, 3.05) is 25.9 Å². The first-order valence-corrected chi connectivity index (χ1v) is 11.2. The summed E-state index contributed by atoms with van der Waals surface area (Å²) >= 11 is 0. The number of rotatable bonds is 6. The van der Waals surface area contributed by atoms with E-state index in [0.717, 1.165) is 38.9 Å². The molecule has 0 amide bonds. The topological polar surface area (TPSA) is 58.6 Å². The van der Waals surface area contributed by atoms with Crippen LogP contribution in [0.25, 0.3) is 0 Å². The molecule has 3 aliphatic rings. The van der Waals surface area contributed by atoms with Gasteiger partial charge >= 0.3 is 0 Å². The molecule has 3 fully saturated rings. The summed E-state index contributed by atoms with van der Waals surface area (Å²) in [7, 11) is -3.15. The summed E-state index contributed by atoms with van der Waals surface area (Å²) in [5.74, 6) is 0.740. The Morgan fingerprint density at radius 2 is 2.08 bits per heavy atom. The number of aryl methyl sites for hydroxylation is 1. The van der Waals surface area contributed by atoms with E-state index in [4.69, 9.17) is 4.74 Å². The van der Waals surface area contributed by atoms with Gasteiger partial charge in [-0.05, 0) is 30.4 Å². The predicted octanol–water partition coefficient (Wildman–Crippen LogP) is 1.78. The molecule has 0 unspecified atom stereocenters. The lowest BCUT2D eigenvalue weighted by Gasteiger charge is -2.29. The van der Waals surface area contributed by atoms with Crippen LogP contribution in [0.5, 0.6) is 0 Å². The molecule has 5 nitrogen and oxygen atoms in total. The number of hydrogen-bond donors (Lipinski definition) is 1. The maximum Gasteiger partial charge on any atom is 0.208 e. The Morgan fingerprint density at radius 1 is 1.32 bits per heavy atom. The van der Waals surface area contributed by atoms with Gasteiger partial charge in [-0.2, -0.15) is 0 Å². The quantitative estimate of drug-likeness (QED) is 0.836. The molecule has 138 valence electrons. The summed E-state index contributed by atoms with van der Waals surface area (Å²) in [6.45, 7) is 5.65. The molecule has 2 bridgehead atoms. The van der Waals surface area contributed by atoms with Crippen LogP contribution in [0.4, 0.5) is 0 Å². The molecule has 1 N–H and O–H groups in total. The summed E-state index contributed by atoms with van der Waals surface area (Å²) in [4.78, 5) is 2.51. The van der Waals surface area contributed by atoms with Gasteiger partial charge in [0.15, 0.2) is 0 Å². The number of fused-ring (bicyclic) bond motifs is 1. The van der Waals surface area contributed by atoms with Crippen molar-refractivity contribution in [3.63, 3.8) is 0 Å². The first-order chi connectivity index (χ1) is 11.9. The van der Waals surface area contributed by atoms with Crippen molar-refractivity contribution in [3.8, 4) is 0 Å². The Balaban J connectivity index is 1.48. The van der Waals surface area contributed by atoms with Crippen LogP contribution < -0.4 is 4.72 Å². The van der Waals surface area contributed by atoms with Gasteiger partial charge in [0.1, 0.15) is 0 Å². The van der Waals surface area contributed by atoms with Gasteiger partial charge in [0.25, 0.3) is 0 Å².